The average molecular weight is 394 g/mol. The van der Waals surface area contributed by atoms with Crippen molar-refractivity contribution in [2.45, 2.75) is 26.3 Å². The van der Waals surface area contributed by atoms with Crippen LogP contribution in [0.5, 0.6) is 0 Å². The van der Waals surface area contributed by atoms with Gasteiger partial charge in [-0.2, -0.15) is 5.10 Å². The maximum atomic E-state index is 12.1. The Labute approximate surface area is 157 Å². The molecule has 0 aliphatic carbocycles. The predicted octanol–water partition coefficient (Wildman–Crippen LogP) is 3.16. The van der Waals surface area contributed by atoms with E-state index in [1.807, 2.05) is 31.2 Å². The van der Waals surface area contributed by atoms with E-state index in [1.54, 1.807) is 17.7 Å². The first-order valence-electron chi connectivity index (χ1n) is 8.26. The number of carbonyl (C=O) groups excluding carboxylic acids is 1. The number of aromatic nitrogens is 2. The maximum Gasteiger partial charge on any atom is 0.248 e. The molecule has 1 aromatic heterocycles. The molecule has 0 radical (unpaired) electrons. The Balaban J connectivity index is 1.74. The molecule has 1 saturated heterocycles. The zero-order valence-corrected chi connectivity index (χ0v) is 16.1. The number of amides is 1. The van der Waals surface area contributed by atoms with E-state index in [0.717, 1.165) is 5.56 Å². The summed E-state index contributed by atoms with van der Waals surface area (Å²) in [5.74, 6) is -0.0809. The molecule has 1 amide bonds. The van der Waals surface area contributed by atoms with Gasteiger partial charge in [-0.1, -0.05) is 29.3 Å². The topological polar surface area (TPSA) is 81.1 Å². The minimum atomic E-state index is -3.03. The van der Waals surface area contributed by atoms with Gasteiger partial charge >= 0.3 is 0 Å². The molecule has 2 aromatic rings. The van der Waals surface area contributed by atoms with Gasteiger partial charge in [-0.05, 0) is 38.5 Å². The van der Waals surface area contributed by atoms with E-state index < -0.39 is 9.84 Å². The molecule has 0 bridgehead atoms. The molecule has 8 heteroatoms. The fourth-order valence-electron chi connectivity index (χ4n) is 2.91. The Morgan fingerprint density at radius 1 is 1.31 bits per heavy atom. The second-order valence-corrected chi connectivity index (χ2v) is 9.07. The van der Waals surface area contributed by atoms with Crippen LogP contribution in [-0.4, -0.2) is 35.6 Å². The van der Waals surface area contributed by atoms with Crippen molar-refractivity contribution in [3.05, 3.63) is 52.3 Å². The number of carbonyl (C=O) groups is 1. The molecular formula is C18H20ClN3O3S. The van der Waals surface area contributed by atoms with Gasteiger partial charge in [0.2, 0.25) is 5.91 Å². The second-order valence-electron chi connectivity index (χ2n) is 6.48. The monoisotopic (exact) mass is 393 g/mol. The van der Waals surface area contributed by atoms with Gasteiger partial charge in [-0.3, -0.25) is 4.79 Å². The molecule has 1 atom stereocenters. The molecule has 1 aromatic carbocycles. The van der Waals surface area contributed by atoms with Gasteiger partial charge < -0.3 is 5.32 Å². The summed E-state index contributed by atoms with van der Waals surface area (Å²) in [4.78, 5) is 12.1. The van der Waals surface area contributed by atoms with Gasteiger partial charge in [-0.25, -0.2) is 13.1 Å². The number of nitrogens with zero attached hydrogens (tertiary/aromatic N) is 2. The van der Waals surface area contributed by atoms with E-state index in [0.29, 0.717) is 28.5 Å². The standard InChI is InChI=1S/C18H20ClN3O3S/c1-12-3-5-14(6-4-12)20-17(23)8-7-16-13(2)21-22(18(16)19)15-9-10-26(24,25)11-15/h3-8,15H,9-11H2,1-2H3,(H,20,23)/b8-7+/t15-/m1/s1. The molecule has 1 aliphatic heterocycles. The number of hydrogen-bond donors (Lipinski definition) is 1. The SMILES string of the molecule is Cc1ccc(NC(=O)/C=C/c2c(C)nn([C@@H]3CCS(=O)(=O)C3)c2Cl)cc1. The van der Waals surface area contributed by atoms with E-state index in [4.69, 9.17) is 11.6 Å². The summed E-state index contributed by atoms with van der Waals surface area (Å²) in [6, 6.07) is 7.24. The highest BCUT2D eigenvalue weighted by Gasteiger charge is 2.31. The minimum absolute atomic E-state index is 0.0465. The predicted molar refractivity (Wildman–Crippen MR) is 103 cm³/mol. The fourth-order valence-corrected chi connectivity index (χ4v) is 4.98. The quantitative estimate of drug-likeness (QED) is 0.809. The summed E-state index contributed by atoms with van der Waals surface area (Å²) < 4.78 is 24.9. The highest BCUT2D eigenvalue weighted by Crippen LogP contribution is 2.30. The van der Waals surface area contributed by atoms with Crippen LogP contribution >= 0.6 is 11.6 Å². The molecule has 1 fully saturated rings. The smallest absolute Gasteiger partial charge is 0.248 e. The van der Waals surface area contributed by atoms with Gasteiger partial charge in [0.25, 0.3) is 0 Å². The zero-order chi connectivity index (χ0) is 18.9. The largest absolute Gasteiger partial charge is 0.323 e. The van der Waals surface area contributed by atoms with Crippen LogP contribution in [0.15, 0.2) is 30.3 Å². The molecule has 1 aliphatic rings. The number of aryl methyl sites for hydroxylation is 2. The highest BCUT2D eigenvalue weighted by atomic mass is 35.5. The van der Waals surface area contributed by atoms with Gasteiger partial charge in [-0.15, -0.1) is 0 Å². The zero-order valence-electron chi connectivity index (χ0n) is 14.6. The Morgan fingerprint density at radius 2 is 2.00 bits per heavy atom. The van der Waals surface area contributed by atoms with Crippen LogP contribution in [-0.2, 0) is 14.6 Å². The van der Waals surface area contributed by atoms with Gasteiger partial charge in [0.05, 0.1) is 23.2 Å². The lowest BCUT2D eigenvalue weighted by Gasteiger charge is -2.09. The van der Waals surface area contributed by atoms with Crippen molar-refractivity contribution in [3.8, 4) is 0 Å². The van der Waals surface area contributed by atoms with Crippen molar-refractivity contribution in [2.24, 2.45) is 0 Å². The third-order valence-corrected chi connectivity index (χ3v) is 6.47. The van der Waals surface area contributed by atoms with Crippen LogP contribution in [0.2, 0.25) is 5.15 Å². The van der Waals surface area contributed by atoms with Gasteiger partial charge in [0, 0.05) is 17.3 Å². The molecule has 0 spiro atoms. The number of benzene rings is 1. The fraction of sp³-hybridized carbons (Fsp3) is 0.333. The van der Waals surface area contributed by atoms with E-state index >= 15 is 0 Å². The van der Waals surface area contributed by atoms with Crippen LogP contribution in [0.3, 0.4) is 0 Å². The van der Waals surface area contributed by atoms with Crippen molar-refractivity contribution < 1.29 is 13.2 Å². The van der Waals surface area contributed by atoms with Crippen molar-refractivity contribution in [1.82, 2.24) is 9.78 Å². The molecule has 3 rings (SSSR count). The number of hydrogen-bond acceptors (Lipinski definition) is 4. The van der Waals surface area contributed by atoms with E-state index in [2.05, 4.69) is 10.4 Å². The number of anilines is 1. The van der Waals surface area contributed by atoms with Crippen LogP contribution in [0, 0.1) is 13.8 Å². The lowest BCUT2D eigenvalue weighted by molar-refractivity contribution is -0.111. The Kier molecular flexibility index (Phi) is 5.20. The van der Waals surface area contributed by atoms with Gasteiger partial charge in [0.15, 0.2) is 9.84 Å². The number of rotatable bonds is 4. The van der Waals surface area contributed by atoms with E-state index in [9.17, 15) is 13.2 Å². The van der Waals surface area contributed by atoms with Crippen molar-refractivity contribution in [3.63, 3.8) is 0 Å². The molecular weight excluding hydrogens is 374 g/mol. The number of halogens is 1. The minimum Gasteiger partial charge on any atom is -0.323 e. The summed E-state index contributed by atoms with van der Waals surface area (Å²) in [6.07, 6.45) is 3.50. The lowest BCUT2D eigenvalue weighted by atomic mass is 10.2. The average Bonchev–Trinajstić information content (AvgIpc) is 3.07. The summed E-state index contributed by atoms with van der Waals surface area (Å²) in [5, 5.41) is 7.49. The summed E-state index contributed by atoms with van der Waals surface area (Å²) in [5.41, 5.74) is 3.09. The molecule has 2 heterocycles. The summed E-state index contributed by atoms with van der Waals surface area (Å²) >= 11 is 6.39. The molecule has 6 nitrogen and oxygen atoms in total. The van der Waals surface area contributed by atoms with Crippen molar-refractivity contribution >= 4 is 39.1 Å². The third kappa shape index (κ3) is 4.16. The molecule has 0 unspecified atom stereocenters. The van der Waals surface area contributed by atoms with Crippen LogP contribution in [0.25, 0.3) is 6.08 Å². The summed E-state index contributed by atoms with van der Waals surface area (Å²) in [7, 11) is -3.03. The normalized spacial score (nSPS) is 19.1. The first-order valence-corrected chi connectivity index (χ1v) is 10.5. The van der Waals surface area contributed by atoms with Gasteiger partial charge in [0.1, 0.15) is 5.15 Å². The van der Waals surface area contributed by atoms with E-state index in [1.165, 1.54) is 6.08 Å². The summed E-state index contributed by atoms with van der Waals surface area (Å²) in [6.45, 7) is 3.76. The van der Waals surface area contributed by atoms with E-state index in [-0.39, 0.29) is 23.5 Å². The first-order chi connectivity index (χ1) is 12.2. The Bertz CT molecular complexity index is 962. The third-order valence-electron chi connectivity index (χ3n) is 4.35. The second kappa shape index (κ2) is 7.25. The highest BCUT2D eigenvalue weighted by molar-refractivity contribution is 7.91. The maximum absolute atomic E-state index is 12.1. The lowest BCUT2D eigenvalue weighted by Crippen LogP contribution is -2.12. The number of nitrogens with one attached hydrogen (secondary N) is 1. The van der Waals surface area contributed by atoms with Crippen LogP contribution < -0.4 is 5.32 Å². The van der Waals surface area contributed by atoms with Crippen LogP contribution in [0.4, 0.5) is 5.69 Å². The Hall–Kier alpha value is -2.12. The molecule has 0 saturated carbocycles. The first kappa shape index (κ1) is 18.7. The van der Waals surface area contributed by atoms with Crippen LogP contribution in [0.1, 0.15) is 29.3 Å². The molecule has 138 valence electrons. The molecule has 26 heavy (non-hydrogen) atoms. The Morgan fingerprint density at radius 3 is 2.62 bits per heavy atom. The van der Waals surface area contributed by atoms with Crippen molar-refractivity contribution in [1.29, 1.82) is 0 Å². The molecule has 1 N–H and O–H groups in total. The number of sulfone groups is 1. The van der Waals surface area contributed by atoms with Crippen molar-refractivity contribution in [2.75, 3.05) is 16.8 Å².